The minimum absolute atomic E-state index is 0.0452. The van der Waals surface area contributed by atoms with Gasteiger partial charge in [-0.15, -0.1) is 0 Å². The molecule has 0 aliphatic heterocycles. The highest BCUT2D eigenvalue weighted by Crippen LogP contribution is 2.20. The highest BCUT2D eigenvalue weighted by Gasteiger charge is 2.09. The van der Waals surface area contributed by atoms with Gasteiger partial charge in [-0.2, -0.15) is 0 Å². The second-order valence-electron chi connectivity index (χ2n) is 3.34. The lowest BCUT2D eigenvalue weighted by molar-refractivity contribution is -0.116. The summed E-state index contributed by atoms with van der Waals surface area (Å²) in [7, 11) is 0. The van der Waals surface area contributed by atoms with Crippen molar-refractivity contribution in [2.45, 2.75) is 6.92 Å². The molecule has 0 radical (unpaired) electrons. The fraction of sp³-hybridized carbons (Fsp3) is 0.273. The van der Waals surface area contributed by atoms with E-state index in [9.17, 15) is 9.59 Å². The maximum atomic E-state index is 11.5. The molecule has 5 N–H and O–H groups in total. The molecular weight excluding hydrogens is 222 g/mol. The molecule has 17 heavy (non-hydrogen) atoms. The molecule has 0 unspecified atom stereocenters. The fourth-order valence-electron chi connectivity index (χ4n) is 1.23. The van der Waals surface area contributed by atoms with Crippen LogP contribution in [0, 0.1) is 0 Å². The molecule has 1 rings (SSSR count). The van der Waals surface area contributed by atoms with Gasteiger partial charge in [-0.1, -0.05) is 0 Å². The summed E-state index contributed by atoms with van der Waals surface area (Å²) in [6, 6.07) is 4.65. The van der Waals surface area contributed by atoms with Crippen LogP contribution in [0.2, 0.25) is 0 Å². The van der Waals surface area contributed by atoms with Crippen LogP contribution in [0.15, 0.2) is 18.2 Å². The highest BCUT2D eigenvalue weighted by atomic mass is 16.5. The summed E-state index contributed by atoms with van der Waals surface area (Å²) >= 11 is 0. The quantitative estimate of drug-likeness (QED) is 0.505. The maximum Gasteiger partial charge on any atom is 0.338 e. The van der Waals surface area contributed by atoms with E-state index in [-0.39, 0.29) is 6.54 Å². The van der Waals surface area contributed by atoms with Crippen molar-refractivity contribution in [3.8, 4) is 0 Å². The number of hydrogen-bond acceptors (Lipinski definition) is 5. The third-order valence-corrected chi connectivity index (χ3v) is 2.02. The number of hydrogen-bond donors (Lipinski definition) is 3. The number of carbonyl (C=O) groups excluding carboxylic acids is 2. The van der Waals surface area contributed by atoms with Crippen LogP contribution in [-0.4, -0.2) is 25.0 Å². The van der Waals surface area contributed by atoms with Gasteiger partial charge in [0.25, 0.3) is 0 Å². The Bertz CT molecular complexity index is 432. The van der Waals surface area contributed by atoms with Crippen LogP contribution < -0.4 is 16.8 Å². The van der Waals surface area contributed by atoms with Crippen molar-refractivity contribution in [2.24, 2.45) is 5.73 Å². The molecule has 0 aromatic heterocycles. The Hall–Kier alpha value is -2.24. The number of rotatable bonds is 5. The van der Waals surface area contributed by atoms with Gasteiger partial charge >= 0.3 is 5.97 Å². The van der Waals surface area contributed by atoms with Crippen molar-refractivity contribution in [3.05, 3.63) is 23.8 Å². The summed E-state index contributed by atoms with van der Waals surface area (Å²) in [6.07, 6.45) is 0. The van der Waals surface area contributed by atoms with E-state index in [1.807, 2.05) is 0 Å². The number of benzene rings is 1. The molecule has 0 bridgehead atoms. The van der Waals surface area contributed by atoms with E-state index in [4.69, 9.17) is 16.2 Å². The zero-order chi connectivity index (χ0) is 12.8. The van der Waals surface area contributed by atoms with Gasteiger partial charge in [0.2, 0.25) is 5.91 Å². The summed E-state index contributed by atoms with van der Waals surface area (Å²) in [5.74, 6) is -0.944. The van der Waals surface area contributed by atoms with Crippen LogP contribution in [-0.2, 0) is 9.53 Å². The van der Waals surface area contributed by atoms with E-state index >= 15 is 0 Å². The van der Waals surface area contributed by atoms with Gasteiger partial charge in [-0.05, 0) is 25.1 Å². The molecule has 0 heterocycles. The molecule has 0 atom stereocenters. The van der Waals surface area contributed by atoms with Gasteiger partial charge in [-0.25, -0.2) is 4.79 Å². The normalized spacial score (nSPS) is 9.71. The van der Waals surface area contributed by atoms with Crippen molar-refractivity contribution < 1.29 is 14.3 Å². The number of nitrogen functional groups attached to an aromatic ring is 1. The molecule has 1 amide bonds. The Balaban J connectivity index is 2.86. The van der Waals surface area contributed by atoms with E-state index in [0.29, 0.717) is 23.5 Å². The van der Waals surface area contributed by atoms with E-state index in [1.54, 1.807) is 19.1 Å². The first-order chi connectivity index (χ1) is 8.04. The average Bonchev–Trinajstić information content (AvgIpc) is 2.28. The molecule has 1 aromatic rings. The molecule has 6 nitrogen and oxygen atoms in total. The molecular formula is C11H15N3O3. The number of nitrogens with two attached hydrogens (primary N) is 2. The van der Waals surface area contributed by atoms with Crippen LogP contribution in [0.1, 0.15) is 17.3 Å². The standard InChI is InChI=1S/C11H15N3O3/c1-2-17-11(16)7-3-4-8(12)9(5-7)14-6-10(13)15/h3-5,14H,2,6,12H2,1H3,(H2,13,15). The van der Waals surface area contributed by atoms with E-state index in [0.717, 1.165) is 0 Å². The second kappa shape index (κ2) is 5.74. The van der Waals surface area contributed by atoms with Crippen LogP contribution in [0.25, 0.3) is 0 Å². The third-order valence-electron chi connectivity index (χ3n) is 2.02. The van der Waals surface area contributed by atoms with Gasteiger partial charge in [0.1, 0.15) is 0 Å². The first-order valence-electron chi connectivity index (χ1n) is 5.13. The lowest BCUT2D eigenvalue weighted by Gasteiger charge is -2.09. The topological polar surface area (TPSA) is 107 Å². The van der Waals surface area contributed by atoms with E-state index in [2.05, 4.69) is 5.32 Å². The van der Waals surface area contributed by atoms with Crippen LogP contribution in [0.5, 0.6) is 0 Å². The average molecular weight is 237 g/mol. The zero-order valence-corrected chi connectivity index (χ0v) is 9.53. The summed E-state index contributed by atoms with van der Waals surface area (Å²) in [4.78, 5) is 22.1. The number of anilines is 2. The van der Waals surface area contributed by atoms with Gasteiger partial charge in [0, 0.05) is 0 Å². The Morgan fingerprint density at radius 3 is 2.71 bits per heavy atom. The number of esters is 1. The number of ether oxygens (including phenoxy) is 1. The van der Waals surface area contributed by atoms with Crippen molar-refractivity contribution in [1.29, 1.82) is 0 Å². The van der Waals surface area contributed by atoms with Gasteiger partial charge < -0.3 is 21.5 Å². The number of amides is 1. The molecule has 0 saturated heterocycles. The smallest absolute Gasteiger partial charge is 0.338 e. The predicted molar refractivity (Wildman–Crippen MR) is 64.5 cm³/mol. The molecule has 0 spiro atoms. The first kappa shape index (κ1) is 12.8. The maximum absolute atomic E-state index is 11.5. The minimum atomic E-state index is -0.508. The van der Waals surface area contributed by atoms with Crippen molar-refractivity contribution >= 4 is 23.3 Å². The third kappa shape index (κ3) is 3.67. The molecule has 1 aromatic carbocycles. The summed E-state index contributed by atoms with van der Waals surface area (Å²) in [5, 5.41) is 2.74. The SMILES string of the molecule is CCOC(=O)c1ccc(N)c(NCC(N)=O)c1. The molecule has 0 saturated carbocycles. The monoisotopic (exact) mass is 237 g/mol. The summed E-state index contributed by atoms with van der Waals surface area (Å²) in [6.45, 7) is 1.98. The van der Waals surface area contributed by atoms with E-state index < -0.39 is 11.9 Å². The summed E-state index contributed by atoms with van der Waals surface area (Å²) in [5.41, 5.74) is 12.0. The largest absolute Gasteiger partial charge is 0.462 e. The number of primary amides is 1. The van der Waals surface area contributed by atoms with Gasteiger partial charge in [0.05, 0.1) is 30.1 Å². The summed E-state index contributed by atoms with van der Waals surface area (Å²) < 4.78 is 4.85. The predicted octanol–water partition coefficient (Wildman–Crippen LogP) is 0.343. The Morgan fingerprint density at radius 1 is 1.41 bits per heavy atom. The van der Waals surface area contributed by atoms with Crippen molar-refractivity contribution in [1.82, 2.24) is 0 Å². The Kier molecular flexibility index (Phi) is 4.33. The van der Waals surface area contributed by atoms with Gasteiger partial charge in [-0.3, -0.25) is 4.79 Å². The van der Waals surface area contributed by atoms with Crippen LogP contribution in [0.4, 0.5) is 11.4 Å². The first-order valence-corrected chi connectivity index (χ1v) is 5.13. The van der Waals surface area contributed by atoms with E-state index in [1.165, 1.54) is 6.07 Å². The molecule has 0 fully saturated rings. The van der Waals surface area contributed by atoms with Crippen LogP contribution >= 0.6 is 0 Å². The van der Waals surface area contributed by atoms with Crippen LogP contribution in [0.3, 0.4) is 0 Å². The Labute approximate surface area is 98.9 Å². The fourth-order valence-corrected chi connectivity index (χ4v) is 1.23. The van der Waals surface area contributed by atoms with Gasteiger partial charge in [0.15, 0.2) is 0 Å². The number of carbonyl (C=O) groups is 2. The Morgan fingerprint density at radius 2 is 2.12 bits per heavy atom. The zero-order valence-electron chi connectivity index (χ0n) is 9.53. The lowest BCUT2D eigenvalue weighted by Crippen LogP contribution is -2.22. The molecule has 6 heteroatoms. The van der Waals surface area contributed by atoms with Crippen molar-refractivity contribution in [2.75, 3.05) is 24.2 Å². The minimum Gasteiger partial charge on any atom is -0.462 e. The molecule has 0 aliphatic rings. The number of nitrogens with one attached hydrogen (secondary N) is 1. The molecule has 0 aliphatic carbocycles. The van der Waals surface area contributed by atoms with Crippen molar-refractivity contribution in [3.63, 3.8) is 0 Å². The lowest BCUT2D eigenvalue weighted by atomic mass is 10.1. The molecule has 92 valence electrons. The highest BCUT2D eigenvalue weighted by molar-refractivity contribution is 5.92. The second-order valence-corrected chi connectivity index (χ2v) is 3.34.